The number of aryl methyl sites for hydroxylation is 3. The summed E-state index contributed by atoms with van der Waals surface area (Å²) in [4.78, 5) is 34.2. The van der Waals surface area contributed by atoms with Gasteiger partial charge in [0.25, 0.3) is 11.5 Å². The number of rotatable bonds is 2. The van der Waals surface area contributed by atoms with Crippen LogP contribution >= 0.6 is 0 Å². The molecular formula is C15H19FN6O2. The van der Waals surface area contributed by atoms with Gasteiger partial charge in [-0.05, 0) is 19.9 Å². The number of aromatic amines is 1. The molecule has 2 aromatic rings. The van der Waals surface area contributed by atoms with Crippen LogP contribution in [0.25, 0.3) is 0 Å². The average Bonchev–Trinajstić information content (AvgIpc) is 2.90. The van der Waals surface area contributed by atoms with Crippen molar-refractivity contribution in [1.82, 2.24) is 24.6 Å². The molecule has 1 fully saturated rings. The minimum atomic E-state index is -0.862. The molecule has 0 aromatic carbocycles. The lowest BCUT2D eigenvalue weighted by molar-refractivity contribution is 0.0735. The Bertz CT molecular complexity index is 835. The summed E-state index contributed by atoms with van der Waals surface area (Å²) >= 11 is 0. The number of H-pyrrole nitrogens is 1. The number of hydrogen-bond donors (Lipinski definition) is 1. The van der Waals surface area contributed by atoms with Gasteiger partial charge in [0, 0.05) is 33.2 Å². The molecule has 0 spiro atoms. The lowest BCUT2D eigenvalue weighted by Gasteiger charge is -2.35. The molecule has 1 N–H and O–H groups in total. The Kier molecular flexibility index (Phi) is 4.08. The molecule has 9 heteroatoms. The zero-order valence-electron chi connectivity index (χ0n) is 13.8. The monoisotopic (exact) mass is 334 g/mol. The maximum absolute atomic E-state index is 13.4. The lowest BCUT2D eigenvalue weighted by Crippen LogP contribution is -2.50. The third kappa shape index (κ3) is 2.89. The van der Waals surface area contributed by atoms with Crippen LogP contribution in [0.5, 0.6) is 0 Å². The van der Waals surface area contributed by atoms with Crippen molar-refractivity contribution in [2.24, 2.45) is 7.05 Å². The van der Waals surface area contributed by atoms with Crippen LogP contribution in [0, 0.1) is 19.7 Å². The van der Waals surface area contributed by atoms with Gasteiger partial charge < -0.3 is 9.80 Å². The Hall–Kier alpha value is -2.71. The van der Waals surface area contributed by atoms with E-state index in [4.69, 9.17) is 0 Å². The molecule has 1 amide bonds. The Morgan fingerprint density at radius 1 is 1.25 bits per heavy atom. The van der Waals surface area contributed by atoms with Crippen molar-refractivity contribution in [1.29, 1.82) is 0 Å². The van der Waals surface area contributed by atoms with Crippen molar-refractivity contribution in [2.45, 2.75) is 13.8 Å². The molecule has 2 aromatic heterocycles. The molecule has 0 radical (unpaired) electrons. The maximum atomic E-state index is 13.4. The number of hydrogen-bond acceptors (Lipinski definition) is 5. The second-order valence-corrected chi connectivity index (χ2v) is 5.86. The highest BCUT2D eigenvalue weighted by Crippen LogP contribution is 2.13. The van der Waals surface area contributed by atoms with Crippen LogP contribution in [0.15, 0.2) is 10.9 Å². The Morgan fingerprint density at radius 2 is 1.92 bits per heavy atom. The van der Waals surface area contributed by atoms with Crippen LogP contribution < -0.4 is 10.5 Å². The molecule has 3 heterocycles. The summed E-state index contributed by atoms with van der Waals surface area (Å²) in [6, 6.07) is 1.76. The van der Waals surface area contributed by atoms with E-state index in [0.29, 0.717) is 37.8 Å². The molecule has 3 rings (SSSR count). The first-order chi connectivity index (χ1) is 11.4. The van der Waals surface area contributed by atoms with Gasteiger partial charge in [0.2, 0.25) is 11.8 Å². The highest BCUT2D eigenvalue weighted by Gasteiger charge is 2.25. The van der Waals surface area contributed by atoms with Crippen LogP contribution in [0.2, 0.25) is 0 Å². The number of nitrogens with one attached hydrogen (secondary N) is 1. The Balaban J connectivity index is 1.71. The second-order valence-electron chi connectivity index (χ2n) is 5.86. The minimum absolute atomic E-state index is 0.0672. The molecule has 0 aliphatic carbocycles. The maximum Gasteiger partial charge on any atom is 0.288 e. The molecule has 8 nitrogen and oxygen atoms in total. The number of piperazine rings is 1. The van der Waals surface area contributed by atoms with Gasteiger partial charge in [0.15, 0.2) is 0 Å². The van der Waals surface area contributed by atoms with Gasteiger partial charge >= 0.3 is 0 Å². The van der Waals surface area contributed by atoms with Gasteiger partial charge in [-0.2, -0.15) is 9.49 Å². The van der Waals surface area contributed by atoms with E-state index in [9.17, 15) is 14.0 Å². The summed E-state index contributed by atoms with van der Waals surface area (Å²) in [5, 5.41) is 4.19. The topological polar surface area (TPSA) is 87.1 Å². The number of aromatic nitrogens is 4. The predicted octanol–water partition coefficient (Wildman–Crippen LogP) is 0.222. The normalized spacial score (nSPS) is 15.0. The first-order valence-electron chi connectivity index (χ1n) is 7.68. The number of nitrogens with zero attached hydrogens (tertiary/aromatic N) is 5. The van der Waals surface area contributed by atoms with Crippen molar-refractivity contribution in [2.75, 3.05) is 31.1 Å². The van der Waals surface area contributed by atoms with E-state index in [1.807, 2.05) is 11.8 Å². The van der Waals surface area contributed by atoms with E-state index >= 15 is 0 Å². The summed E-state index contributed by atoms with van der Waals surface area (Å²) in [7, 11) is 1.74. The fourth-order valence-corrected chi connectivity index (χ4v) is 2.80. The minimum Gasteiger partial charge on any atom is -0.339 e. The highest BCUT2D eigenvalue weighted by molar-refractivity contribution is 5.92. The number of anilines is 1. The number of carbonyl (C=O) groups excluding carboxylic acids is 1. The first-order valence-corrected chi connectivity index (χ1v) is 7.68. The summed E-state index contributed by atoms with van der Waals surface area (Å²) in [6.07, 6.45) is 0. The third-order valence-corrected chi connectivity index (χ3v) is 4.10. The van der Waals surface area contributed by atoms with E-state index < -0.39 is 11.4 Å². The predicted molar refractivity (Wildman–Crippen MR) is 85.6 cm³/mol. The van der Waals surface area contributed by atoms with Crippen LogP contribution in [0.1, 0.15) is 21.9 Å². The van der Waals surface area contributed by atoms with Crippen LogP contribution in [-0.4, -0.2) is 56.7 Å². The summed E-state index contributed by atoms with van der Waals surface area (Å²) in [5.74, 6) is -0.601. The molecule has 0 atom stereocenters. The van der Waals surface area contributed by atoms with E-state index in [1.165, 1.54) is 6.92 Å². The Labute approximate surface area is 137 Å². The van der Waals surface area contributed by atoms with Gasteiger partial charge in [0.1, 0.15) is 5.69 Å². The first kappa shape index (κ1) is 16.2. The SMILES string of the molecule is Cc1cc(C(=O)N2CCN(c3nc(C)c(F)c(=O)[nH]3)CC2)n(C)n1. The van der Waals surface area contributed by atoms with Gasteiger partial charge in [-0.3, -0.25) is 19.3 Å². The van der Waals surface area contributed by atoms with Crippen molar-refractivity contribution < 1.29 is 9.18 Å². The van der Waals surface area contributed by atoms with Crippen molar-refractivity contribution in [3.8, 4) is 0 Å². The largest absolute Gasteiger partial charge is 0.339 e. The average molecular weight is 334 g/mol. The van der Waals surface area contributed by atoms with Gasteiger partial charge in [-0.25, -0.2) is 4.98 Å². The molecule has 1 aliphatic rings. The zero-order chi connectivity index (χ0) is 17.4. The molecule has 1 aliphatic heterocycles. The Morgan fingerprint density at radius 3 is 2.46 bits per heavy atom. The fraction of sp³-hybridized carbons (Fsp3) is 0.467. The molecule has 0 unspecified atom stereocenters. The van der Waals surface area contributed by atoms with Crippen molar-refractivity contribution in [3.63, 3.8) is 0 Å². The van der Waals surface area contributed by atoms with Crippen molar-refractivity contribution >= 4 is 11.9 Å². The van der Waals surface area contributed by atoms with Gasteiger partial charge in [-0.1, -0.05) is 0 Å². The third-order valence-electron chi connectivity index (χ3n) is 4.10. The molecule has 128 valence electrons. The smallest absolute Gasteiger partial charge is 0.288 e. The van der Waals surface area contributed by atoms with Crippen LogP contribution in [0.4, 0.5) is 10.3 Å². The van der Waals surface area contributed by atoms with Crippen LogP contribution in [0.3, 0.4) is 0 Å². The van der Waals surface area contributed by atoms with E-state index in [1.54, 1.807) is 22.7 Å². The quantitative estimate of drug-likeness (QED) is 0.849. The molecule has 1 saturated heterocycles. The summed E-state index contributed by atoms with van der Waals surface area (Å²) < 4.78 is 15.0. The molecular weight excluding hydrogens is 315 g/mol. The molecule has 0 saturated carbocycles. The van der Waals surface area contributed by atoms with E-state index in [-0.39, 0.29) is 11.6 Å². The standard InChI is InChI=1S/C15H19FN6O2/c1-9-8-11(20(3)19-9)14(24)21-4-6-22(7-5-21)15-17-10(2)12(16)13(23)18-15/h8H,4-7H2,1-3H3,(H,17,18,23). The fourth-order valence-electron chi connectivity index (χ4n) is 2.80. The van der Waals surface area contributed by atoms with Crippen LogP contribution in [-0.2, 0) is 7.05 Å². The second kappa shape index (κ2) is 6.06. The van der Waals surface area contributed by atoms with Crippen molar-refractivity contribution in [3.05, 3.63) is 39.3 Å². The number of halogens is 1. The van der Waals surface area contributed by atoms with E-state index in [2.05, 4.69) is 15.1 Å². The summed E-state index contributed by atoms with van der Waals surface area (Å²) in [6.45, 7) is 5.30. The van der Waals surface area contributed by atoms with Gasteiger partial charge in [0.05, 0.1) is 11.4 Å². The lowest BCUT2D eigenvalue weighted by atomic mass is 10.2. The van der Waals surface area contributed by atoms with Gasteiger partial charge in [-0.15, -0.1) is 0 Å². The zero-order valence-corrected chi connectivity index (χ0v) is 13.8. The van der Waals surface area contributed by atoms with E-state index in [0.717, 1.165) is 5.69 Å². The number of carbonyl (C=O) groups is 1. The highest BCUT2D eigenvalue weighted by atomic mass is 19.1. The molecule has 0 bridgehead atoms. The number of amides is 1. The molecule has 24 heavy (non-hydrogen) atoms. The summed E-state index contributed by atoms with van der Waals surface area (Å²) in [5.41, 5.74) is 0.632.